The van der Waals surface area contributed by atoms with Crippen molar-refractivity contribution < 1.29 is 9.53 Å². The van der Waals surface area contributed by atoms with E-state index in [1.807, 2.05) is 20.8 Å². The van der Waals surface area contributed by atoms with Crippen molar-refractivity contribution in [2.45, 2.75) is 40.2 Å². The first-order chi connectivity index (χ1) is 8.47. The normalized spacial score (nSPS) is 12.5. The Labute approximate surface area is 108 Å². The summed E-state index contributed by atoms with van der Waals surface area (Å²) in [6.07, 6.45) is 2.18. The number of hydrogen-bond acceptors (Lipinski definition) is 3. The maximum absolute atomic E-state index is 12.0. The summed E-state index contributed by atoms with van der Waals surface area (Å²) in [4.78, 5) is 23.9. The molecule has 0 saturated heterocycles. The molecule has 100 valence electrons. The van der Waals surface area contributed by atoms with Gasteiger partial charge in [-0.2, -0.15) is 0 Å². The van der Waals surface area contributed by atoms with Gasteiger partial charge in [-0.1, -0.05) is 26.8 Å². The molecule has 4 heteroatoms. The molecule has 0 aliphatic rings. The fourth-order valence-corrected chi connectivity index (χ4v) is 1.69. The van der Waals surface area contributed by atoms with Crippen LogP contribution in [0.5, 0.6) is 0 Å². The molecule has 0 fully saturated rings. The molecule has 1 heterocycles. The van der Waals surface area contributed by atoms with Crippen LogP contribution in [0.15, 0.2) is 23.1 Å². The second-order valence-corrected chi connectivity index (χ2v) is 4.85. The molecule has 0 N–H and O–H groups in total. The lowest BCUT2D eigenvalue weighted by atomic mass is 10.2. The quantitative estimate of drug-likeness (QED) is 0.754. The minimum Gasteiger partial charge on any atom is -0.464 e. The summed E-state index contributed by atoms with van der Waals surface area (Å²) in [5.41, 5.74) is 0.499. The number of esters is 1. The highest BCUT2D eigenvalue weighted by Crippen LogP contribution is 2.12. The number of pyridine rings is 1. The Hall–Kier alpha value is -1.58. The van der Waals surface area contributed by atoms with E-state index in [-0.39, 0.29) is 11.5 Å². The van der Waals surface area contributed by atoms with Crippen LogP contribution < -0.4 is 5.56 Å². The number of aryl methyl sites for hydroxylation is 1. The van der Waals surface area contributed by atoms with Crippen LogP contribution in [0.4, 0.5) is 0 Å². The smallest absolute Gasteiger partial charge is 0.329 e. The van der Waals surface area contributed by atoms with Gasteiger partial charge in [0.25, 0.3) is 5.56 Å². The van der Waals surface area contributed by atoms with Gasteiger partial charge in [-0.15, -0.1) is 0 Å². The van der Waals surface area contributed by atoms with E-state index in [2.05, 4.69) is 0 Å². The Bertz CT molecular complexity index is 462. The predicted octanol–water partition coefficient (Wildman–Crippen LogP) is 2.31. The highest BCUT2D eigenvalue weighted by Gasteiger charge is 2.21. The van der Waals surface area contributed by atoms with Gasteiger partial charge in [-0.25, -0.2) is 4.79 Å². The van der Waals surface area contributed by atoms with Crippen LogP contribution in [0, 0.1) is 12.8 Å². The summed E-state index contributed by atoms with van der Waals surface area (Å²) in [6.45, 7) is 7.96. The second-order valence-electron chi connectivity index (χ2n) is 4.85. The zero-order valence-electron chi connectivity index (χ0n) is 11.5. The van der Waals surface area contributed by atoms with Gasteiger partial charge < -0.3 is 9.30 Å². The second kappa shape index (κ2) is 6.38. The number of carbonyl (C=O) groups excluding carboxylic acids is 1. The van der Waals surface area contributed by atoms with Crippen molar-refractivity contribution in [3.63, 3.8) is 0 Å². The SMILES string of the molecule is CCC(C(=O)OCC(C)C)n1cccc(C)c1=O. The lowest BCUT2D eigenvalue weighted by Crippen LogP contribution is -2.31. The molecule has 0 bridgehead atoms. The molecule has 0 aromatic carbocycles. The molecule has 18 heavy (non-hydrogen) atoms. The summed E-state index contributed by atoms with van der Waals surface area (Å²) in [5, 5.41) is 0. The van der Waals surface area contributed by atoms with Gasteiger partial charge in [0.2, 0.25) is 0 Å². The van der Waals surface area contributed by atoms with Crippen molar-refractivity contribution in [2.75, 3.05) is 6.61 Å². The number of hydrogen-bond donors (Lipinski definition) is 0. The molecule has 1 aromatic rings. The van der Waals surface area contributed by atoms with Crippen molar-refractivity contribution in [1.82, 2.24) is 4.57 Å². The molecule has 1 unspecified atom stereocenters. The largest absolute Gasteiger partial charge is 0.464 e. The fraction of sp³-hybridized carbons (Fsp3) is 0.571. The van der Waals surface area contributed by atoms with E-state index in [9.17, 15) is 9.59 Å². The molecule has 1 atom stereocenters. The Morgan fingerprint density at radius 2 is 2.11 bits per heavy atom. The fourth-order valence-electron chi connectivity index (χ4n) is 1.69. The Kier molecular flexibility index (Phi) is 5.13. The van der Waals surface area contributed by atoms with Gasteiger partial charge in [-0.3, -0.25) is 4.79 Å². The molecule has 4 nitrogen and oxygen atoms in total. The van der Waals surface area contributed by atoms with E-state index in [0.29, 0.717) is 24.5 Å². The van der Waals surface area contributed by atoms with Gasteiger partial charge in [0, 0.05) is 11.8 Å². The Morgan fingerprint density at radius 1 is 1.44 bits per heavy atom. The van der Waals surface area contributed by atoms with Crippen LogP contribution in [0.3, 0.4) is 0 Å². The summed E-state index contributed by atoms with van der Waals surface area (Å²) in [7, 11) is 0. The van der Waals surface area contributed by atoms with Gasteiger partial charge in [-0.05, 0) is 25.3 Å². The first kappa shape index (κ1) is 14.5. The van der Waals surface area contributed by atoms with Gasteiger partial charge in [0.1, 0.15) is 6.04 Å². The first-order valence-corrected chi connectivity index (χ1v) is 6.31. The minimum atomic E-state index is -0.531. The average Bonchev–Trinajstić information content (AvgIpc) is 2.32. The topological polar surface area (TPSA) is 48.3 Å². The van der Waals surface area contributed by atoms with E-state index in [0.717, 1.165) is 0 Å². The third-order valence-electron chi connectivity index (χ3n) is 2.72. The standard InChI is InChI=1S/C14H21NO3/c1-5-12(14(17)18-9-10(2)3)15-8-6-7-11(4)13(15)16/h6-8,10,12H,5,9H2,1-4H3. The van der Waals surface area contributed by atoms with E-state index in [1.54, 1.807) is 25.3 Å². The van der Waals surface area contributed by atoms with E-state index >= 15 is 0 Å². The van der Waals surface area contributed by atoms with Crippen LogP contribution in [0.1, 0.15) is 38.8 Å². The molecular formula is C14H21NO3. The Morgan fingerprint density at radius 3 is 2.67 bits per heavy atom. The highest BCUT2D eigenvalue weighted by atomic mass is 16.5. The highest BCUT2D eigenvalue weighted by molar-refractivity contribution is 5.74. The summed E-state index contributed by atoms with van der Waals surface area (Å²) in [6, 6.07) is 2.98. The number of nitrogens with zero attached hydrogens (tertiary/aromatic N) is 1. The summed E-state index contributed by atoms with van der Waals surface area (Å²) >= 11 is 0. The van der Waals surface area contributed by atoms with Gasteiger partial charge in [0.05, 0.1) is 6.61 Å². The number of carbonyl (C=O) groups is 1. The van der Waals surface area contributed by atoms with E-state index in [1.165, 1.54) is 4.57 Å². The zero-order chi connectivity index (χ0) is 13.7. The van der Waals surface area contributed by atoms with Crippen LogP contribution >= 0.6 is 0 Å². The third kappa shape index (κ3) is 3.45. The summed E-state index contributed by atoms with van der Waals surface area (Å²) < 4.78 is 6.66. The van der Waals surface area contributed by atoms with Crippen molar-refractivity contribution in [3.8, 4) is 0 Å². The minimum absolute atomic E-state index is 0.133. The summed E-state index contributed by atoms with van der Waals surface area (Å²) in [5.74, 6) is -0.0420. The monoisotopic (exact) mass is 251 g/mol. The van der Waals surface area contributed by atoms with E-state index < -0.39 is 6.04 Å². The van der Waals surface area contributed by atoms with E-state index in [4.69, 9.17) is 4.74 Å². The molecule has 0 radical (unpaired) electrons. The molecule has 0 aliphatic carbocycles. The molecule has 0 spiro atoms. The van der Waals surface area contributed by atoms with Crippen LogP contribution in [0.25, 0.3) is 0 Å². The molecular weight excluding hydrogens is 230 g/mol. The van der Waals surface area contributed by atoms with Crippen molar-refractivity contribution in [1.29, 1.82) is 0 Å². The average molecular weight is 251 g/mol. The van der Waals surface area contributed by atoms with Crippen LogP contribution in [0.2, 0.25) is 0 Å². The van der Waals surface area contributed by atoms with Crippen molar-refractivity contribution in [3.05, 3.63) is 34.2 Å². The van der Waals surface area contributed by atoms with Crippen LogP contribution in [-0.4, -0.2) is 17.1 Å². The number of rotatable bonds is 5. The predicted molar refractivity (Wildman–Crippen MR) is 70.6 cm³/mol. The molecule has 0 aliphatic heterocycles. The van der Waals surface area contributed by atoms with Crippen molar-refractivity contribution in [2.24, 2.45) is 5.92 Å². The molecule has 1 aromatic heterocycles. The van der Waals surface area contributed by atoms with Gasteiger partial charge in [0.15, 0.2) is 0 Å². The maximum atomic E-state index is 12.0. The van der Waals surface area contributed by atoms with Gasteiger partial charge >= 0.3 is 5.97 Å². The number of aromatic nitrogens is 1. The lowest BCUT2D eigenvalue weighted by molar-refractivity contribution is -0.149. The third-order valence-corrected chi connectivity index (χ3v) is 2.72. The van der Waals surface area contributed by atoms with Crippen molar-refractivity contribution >= 4 is 5.97 Å². The molecule has 0 saturated carbocycles. The Balaban J connectivity index is 2.92. The molecule has 0 amide bonds. The lowest BCUT2D eigenvalue weighted by Gasteiger charge is -2.18. The maximum Gasteiger partial charge on any atom is 0.329 e. The zero-order valence-corrected chi connectivity index (χ0v) is 11.5. The first-order valence-electron chi connectivity index (χ1n) is 6.31. The number of ether oxygens (including phenoxy) is 1. The van der Waals surface area contributed by atoms with Crippen LogP contribution in [-0.2, 0) is 9.53 Å². The molecule has 1 rings (SSSR count).